The zero-order valence-electron chi connectivity index (χ0n) is 14.8. The quantitative estimate of drug-likeness (QED) is 0.672. The highest BCUT2D eigenvalue weighted by atomic mass is 19.4. The maximum atomic E-state index is 12.5. The van der Waals surface area contributed by atoms with Crippen LogP contribution in [-0.2, 0) is 13.1 Å². The molecule has 0 fully saturated rings. The van der Waals surface area contributed by atoms with Crippen LogP contribution >= 0.6 is 0 Å². The van der Waals surface area contributed by atoms with Crippen molar-refractivity contribution in [2.75, 3.05) is 20.2 Å². The molecule has 0 N–H and O–H groups in total. The van der Waals surface area contributed by atoms with E-state index < -0.39 is 12.7 Å². The van der Waals surface area contributed by atoms with Crippen LogP contribution in [0.4, 0.5) is 13.2 Å². The van der Waals surface area contributed by atoms with Gasteiger partial charge in [-0.15, -0.1) is 0 Å². The van der Waals surface area contributed by atoms with E-state index in [0.29, 0.717) is 25.5 Å². The number of ether oxygens (including phenoxy) is 1. The summed E-state index contributed by atoms with van der Waals surface area (Å²) in [6.07, 6.45) is -0.700. The fraction of sp³-hybridized carbons (Fsp3) is 0.500. The van der Waals surface area contributed by atoms with E-state index in [1.165, 1.54) is 23.5 Å². The molecule has 1 heterocycles. The monoisotopic (exact) mass is 355 g/mol. The van der Waals surface area contributed by atoms with Crippen molar-refractivity contribution >= 4 is 0 Å². The van der Waals surface area contributed by atoms with Crippen molar-refractivity contribution in [3.05, 3.63) is 47.5 Å². The van der Waals surface area contributed by atoms with Crippen LogP contribution in [0.1, 0.15) is 23.4 Å². The first kappa shape index (κ1) is 19.3. The number of imidazole rings is 1. The van der Waals surface area contributed by atoms with Gasteiger partial charge in [-0.2, -0.15) is 13.2 Å². The third kappa shape index (κ3) is 6.42. The lowest BCUT2D eigenvalue weighted by Gasteiger charge is -2.18. The first-order chi connectivity index (χ1) is 11.7. The summed E-state index contributed by atoms with van der Waals surface area (Å²) in [6, 6.07) is 5.98. The summed E-state index contributed by atoms with van der Waals surface area (Å²) in [5, 5.41) is 0. The summed E-state index contributed by atoms with van der Waals surface area (Å²) in [5.41, 5.74) is 2.41. The highest BCUT2D eigenvalue weighted by Crippen LogP contribution is 2.19. The van der Waals surface area contributed by atoms with Gasteiger partial charge in [0.2, 0.25) is 0 Å². The lowest BCUT2D eigenvalue weighted by molar-refractivity contribution is -0.141. The molecule has 7 heteroatoms. The van der Waals surface area contributed by atoms with Crippen LogP contribution in [0.2, 0.25) is 0 Å². The van der Waals surface area contributed by atoms with Crippen molar-refractivity contribution in [3.8, 4) is 5.75 Å². The molecule has 0 saturated carbocycles. The van der Waals surface area contributed by atoms with Gasteiger partial charge in [0.05, 0.1) is 13.2 Å². The maximum absolute atomic E-state index is 12.5. The lowest BCUT2D eigenvalue weighted by atomic mass is 10.1. The summed E-state index contributed by atoms with van der Waals surface area (Å²) in [4.78, 5) is 5.97. The summed E-state index contributed by atoms with van der Waals surface area (Å²) < 4.78 is 44.4. The van der Waals surface area contributed by atoms with E-state index in [2.05, 4.69) is 11.9 Å². The van der Waals surface area contributed by atoms with Gasteiger partial charge >= 0.3 is 6.18 Å². The van der Waals surface area contributed by atoms with Crippen LogP contribution in [0.5, 0.6) is 5.75 Å². The SMILES string of the molecule is Cc1ccc(OCCCN(C)Cc2nccn2CC(F)(F)F)cc1C. The van der Waals surface area contributed by atoms with E-state index in [1.54, 1.807) is 0 Å². The molecule has 0 spiro atoms. The standard InChI is InChI=1S/C18H24F3N3O/c1-14-5-6-16(11-15(14)2)25-10-4-8-23(3)12-17-22-7-9-24(17)13-18(19,20)21/h5-7,9,11H,4,8,10,12-13H2,1-3H3. The Kier molecular flexibility index (Phi) is 6.47. The largest absolute Gasteiger partial charge is 0.494 e. The van der Waals surface area contributed by atoms with Gasteiger partial charge in [0.1, 0.15) is 18.1 Å². The summed E-state index contributed by atoms with van der Waals surface area (Å²) in [7, 11) is 1.86. The van der Waals surface area contributed by atoms with Crippen molar-refractivity contribution in [2.45, 2.75) is 39.5 Å². The van der Waals surface area contributed by atoms with Crippen molar-refractivity contribution < 1.29 is 17.9 Å². The molecule has 0 unspecified atom stereocenters. The highest BCUT2D eigenvalue weighted by Gasteiger charge is 2.28. The molecule has 0 amide bonds. The number of rotatable bonds is 8. The molecule has 2 rings (SSSR count). The second-order valence-corrected chi connectivity index (χ2v) is 6.27. The van der Waals surface area contributed by atoms with Gasteiger partial charge < -0.3 is 9.30 Å². The number of aryl methyl sites for hydroxylation is 2. The molecular weight excluding hydrogens is 331 g/mol. The van der Waals surface area contributed by atoms with E-state index in [4.69, 9.17) is 4.74 Å². The average Bonchev–Trinajstić information content (AvgIpc) is 2.92. The zero-order valence-corrected chi connectivity index (χ0v) is 14.8. The topological polar surface area (TPSA) is 30.3 Å². The minimum Gasteiger partial charge on any atom is -0.494 e. The summed E-state index contributed by atoms with van der Waals surface area (Å²) in [5.74, 6) is 1.25. The Morgan fingerprint density at radius 2 is 1.96 bits per heavy atom. The fourth-order valence-electron chi connectivity index (χ4n) is 2.48. The minimum absolute atomic E-state index is 0.368. The predicted octanol–water partition coefficient (Wildman–Crippen LogP) is 3.96. The van der Waals surface area contributed by atoms with E-state index in [-0.39, 0.29) is 0 Å². The minimum atomic E-state index is -4.24. The Morgan fingerprint density at radius 1 is 1.20 bits per heavy atom. The van der Waals surface area contributed by atoms with Crippen LogP contribution in [0.15, 0.2) is 30.6 Å². The Hall–Kier alpha value is -2.02. The van der Waals surface area contributed by atoms with Crippen molar-refractivity contribution in [1.29, 1.82) is 0 Å². The molecule has 1 aromatic carbocycles. The fourth-order valence-corrected chi connectivity index (χ4v) is 2.48. The lowest BCUT2D eigenvalue weighted by Crippen LogP contribution is -2.25. The number of hydrogen-bond donors (Lipinski definition) is 0. The predicted molar refractivity (Wildman–Crippen MR) is 90.6 cm³/mol. The van der Waals surface area contributed by atoms with Crippen molar-refractivity contribution in [3.63, 3.8) is 0 Å². The third-order valence-corrected chi connectivity index (χ3v) is 3.99. The molecule has 0 aliphatic rings. The number of halogens is 3. The number of aromatic nitrogens is 2. The van der Waals surface area contributed by atoms with Crippen LogP contribution in [0, 0.1) is 13.8 Å². The molecule has 0 atom stereocenters. The number of hydrogen-bond acceptors (Lipinski definition) is 3. The third-order valence-electron chi connectivity index (χ3n) is 3.99. The normalized spacial score (nSPS) is 12.0. The molecule has 25 heavy (non-hydrogen) atoms. The van der Waals surface area contributed by atoms with E-state index in [9.17, 15) is 13.2 Å². The van der Waals surface area contributed by atoms with Crippen LogP contribution < -0.4 is 4.74 Å². The molecule has 138 valence electrons. The molecule has 4 nitrogen and oxygen atoms in total. The summed E-state index contributed by atoms with van der Waals surface area (Å²) >= 11 is 0. The number of benzene rings is 1. The van der Waals surface area contributed by atoms with Crippen LogP contribution in [-0.4, -0.2) is 40.8 Å². The number of nitrogens with zero attached hydrogens (tertiary/aromatic N) is 3. The van der Waals surface area contributed by atoms with Gasteiger partial charge in [-0.25, -0.2) is 4.98 Å². The molecule has 0 bridgehead atoms. The first-order valence-electron chi connectivity index (χ1n) is 8.20. The second-order valence-electron chi connectivity index (χ2n) is 6.27. The molecule has 1 aromatic heterocycles. The average molecular weight is 355 g/mol. The van der Waals surface area contributed by atoms with E-state index in [0.717, 1.165) is 16.7 Å². The van der Waals surface area contributed by atoms with Gasteiger partial charge in [0, 0.05) is 18.9 Å². The Bertz CT molecular complexity index is 682. The second kappa shape index (κ2) is 8.38. The summed E-state index contributed by atoms with van der Waals surface area (Å²) in [6.45, 7) is 4.72. The van der Waals surface area contributed by atoms with Crippen LogP contribution in [0.3, 0.4) is 0 Å². The molecular formula is C18H24F3N3O. The van der Waals surface area contributed by atoms with Gasteiger partial charge in [-0.1, -0.05) is 6.07 Å². The van der Waals surface area contributed by atoms with Crippen molar-refractivity contribution in [2.24, 2.45) is 0 Å². The Labute approximate surface area is 146 Å². The van der Waals surface area contributed by atoms with E-state index in [1.807, 2.05) is 37.1 Å². The Balaban J connectivity index is 1.75. The molecule has 0 aliphatic carbocycles. The van der Waals surface area contributed by atoms with Gasteiger partial charge in [0.25, 0.3) is 0 Å². The van der Waals surface area contributed by atoms with E-state index >= 15 is 0 Å². The van der Waals surface area contributed by atoms with Crippen molar-refractivity contribution in [1.82, 2.24) is 14.5 Å². The molecule has 0 aliphatic heterocycles. The number of alkyl halides is 3. The zero-order chi connectivity index (χ0) is 18.4. The maximum Gasteiger partial charge on any atom is 0.406 e. The van der Waals surface area contributed by atoms with Crippen LogP contribution in [0.25, 0.3) is 0 Å². The Morgan fingerprint density at radius 3 is 2.64 bits per heavy atom. The molecule has 2 aromatic rings. The molecule has 0 radical (unpaired) electrons. The smallest absolute Gasteiger partial charge is 0.406 e. The van der Waals surface area contributed by atoms with Gasteiger partial charge in [0.15, 0.2) is 0 Å². The highest BCUT2D eigenvalue weighted by molar-refractivity contribution is 5.33. The molecule has 0 saturated heterocycles. The van der Waals surface area contributed by atoms with Gasteiger partial charge in [-0.3, -0.25) is 4.90 Å². The van der Waals surface area contributed by atoms with Gasteiger partial charge in [-0.05, 0) is 50.6 Å². The first-order valence-corrected chi connectivity index (χ1v) is 8.20.